The Morgan fingerprint density at radius 3 is 2.32 bits per heavy atom. The molecule has 0 N–H and O–H groups in total. The highest BCUT2D eigenvalue weighted by Gasteiger charge is 2.38. The Labute approximate surface area is 201 Å². The van der Waals surface area contributed by atoms with Crippen LogP contribution in [0.15, 0.2) is 59.3 Å². The lowest BCUT2D eigenvalue weighted by molar-refractivity contribution is -0.136. The average molecular weight is 464 g/mol. The zero-order chi connectivity index (χ0) is 24.8. The number of carbonyl (C=O) groups excluding carboxylic acids is 2. The molecule has 0 radical (unpaired) electrons. The first-order valence-electron chi connectivity index (χ1n) is 11.7. The molecule has 2 aromatic rings. The van der Waals surface area contributed by atoms with E-state index in [0.717, 1.165) is 12.0 Å². The quantitative estimate of drug-likeness (QED) is 0.343. The Balaban J connectivity index is 2.05. The van der Waals surface area contributed by atoms with E-state index in [0.29, 0.717) is 42.0 Å². The van der Waals surface area contributed by atoms with Crippen molar-refractivity contribution in [3.63, 3.8) is 0 Å². The summed E-state index contributed by atoms with van der Waals surface area (Å²) in [5.41, 5.74) is 3.67. The Hall–Kier alpha value is -3.54. The second-order valence-corrected chi connectivity index (χ2v) is 8.38. The van der Waals surface area contributed by atoms with Gasteiger partial charge in [0.15, 0.2) is 11.5 Å². The summed E-state index contributed by atoms with van der Waals surface area (Å²) >= 11 is 0. The number of methoxy groups -OCH3 is 1. The van der Waals surface area contributed by atoms with Crippen LogP contribution in [-0.4, -0.2) is 32.2 Å². The summed E-state index contributed by atoms with van der Waals surface area (Å²) in [6.45, 7) is 11.0. The smallest absolute Gasteiger partial charge is 0.340 e. The number of benzene rings is 2. The molecule has 34 heavy (non-hydrogen) atoms. The molecule has 0 unspecified atom stereocenters. The van der Waals surface area contributed by atoms with E-state index >= 15 is 0 Å². The van der Waals surface area contributed by atoms with Crippen LogP contribution in [0.4, 0.5) is 5.69 Å². The molecule has 6 nitrogen and oxygen atoms in total. The highest BCUT2D eigenvalue weighted by Crippen LogP contribution is 2.37. The van der Waals surface area contributed by atoms with Crippen molar-refractivity contribution in [2.75, 3.05) is 25.2 Å². The Kier molecular flexibility index (Phi) is 8.16. The molecule has 0 saturated heterocycles. The molecule has 0 bridgehead atoms. The van der Waals surface area contributed by atoms with Crippen molar-refractivity contribution in [2.45, 2.75) is 47.0 Å². The van der Waals surface area contributed by atoms with E-state index in [1.165, 1.54) is 12.7 Å². The number of hydrogen-bond acceptors (Lipinski definition) is 5. The summed E-state index contributed by atoms with van der Waals surface area (Å²) in [6.07, 6.45) is 2.58. The summed E-state index contributed by atoms with van der Waals surface area (Å²) in [4.78, 5) is 27.8. The highest BCUT2D eigenvalue weighted by atomic mass is 16.5. The molecule has 0 atom stereocenters. The Bertz CT molecular complexity index is 1110. The Morgan fingerprint density at radius 2 is 1.74 bits per heavy atom. The third-order valence-electron chi connectivity index (χ3n) is 5.65. The van der Waals surface area contributed by atoms with Crippen molar-refractivity contribution in [3.8, 4) is 11.5 Å². The topological polar surface area (TPSA) is 65.1 Å². The SMILES string of the molecule is CCCOc1ccc(/C=C2\C(=O)N(c3ccc(C(C)C)cc3)C(C)=C2C(=O)OC)cc1OCC. The largest absolute Gasteiger partial charge is 0.490 e. The molecule has 0 spiro atoms. The van der Waals surface area contributed by atoms with Crippen LogP contribution in [0.25, 0.3) is 6.08 Å². The summed E-state index contributed by atoms with van der Waals surface area (Å²) in [5.74, 6) is 0.795. The normalized spacial score (nSPS) is 14.9. The number of rotatable bonds is 9. The zero-order valence-electron chi connectivity index (χ0n) is 20.8. The van der Waals surface area contributed by atoms with E-state index in [1.54, 1.807) is 17.9 Å². The van der Waals surface area contributed by atoms with Gasteiger partial charge < -0.3 is 14.2 Å². The first-order chi connectivity index (χ1) is 16.3. The molecule has 1 heterocycles. The summed E-state index contributed by atoms with van der Waals surface area (Å²) in [6, 6.07) is 13.3. The molecule has 0 aromatic heterocycles. The fraction of sp³-hybridized carbons (Fsp3) is 0.357. The number of ether oxygens (including phenoxy) is 3. The number of amides is 1. The van der Waals surface area contributed by atoms with Crippen LogP contribution >= 0.6 is 0 Å². The van der Waals surface area contributed by atoms with Gasteiger partial charge in [-0.25, -0.2) is 4.79 Å². The monoisotopic (exact) mass is 463 g/mol. The number of allylic oxidation sites excluding steroid dienone is 1. The van der Waals surface area contributed by atoms with Crippen molar-refractivity contribution in [1.82, 2.24) is 0 Å². The highest BCUT2D eigenvalue weighted by molar-refractivity contribution is 6.23. The first kappa shape index (κ1) is 25.1. The van der Waals surface area contributed by atoms with Crippen molar-refractivity contribution in [3.05, 3.63) is 70.4 Å². The van der Waals surface area contributed by atoms with Crippen molar-refractivity contribution < 1.29 is 23.8 Å². The van der Waals surface area contributed by atoms with Crippen LogP contribution in [0.1, 0.15) is 58.1 Å². The van der Waals surface area contributed by atoms with Crippen LogP contribution < -0.4 is 14.4 Å². The number of esters is 1. The van der Waals surface area contributed by atoms with Gasteiger partial charge in [0.1, 0.15) is 0 Å². The molecular formula is C28H33NO5. The van der Waals surface area contributed by atoms with E-state index in [2.05, 4.69) is 13.8 Å². The lowest BCUT2D eigenvalue weighted by atomic mass is 10.0. The van der Waals surface area contributed by atoms with E-state index in [1.807, 2.05) is 56.3 Å². The minimum absolute atomic E-state index is 0.254. The lowest BCUT2D eigenvalue weighted by Crippen LogP contribution is -2.24. The lowest BCUT2D eigenvalue weighted by Gasteiger charge is -2.19. The predicted molar refractivity (Wildman–Crippen MR) is 134 cm³/mol. The predicted octanol–water partition coefficient (Wildman–Crippen LogP) is 5.87. The average Bonchev–Trinajstić information content (AvgIpc) is 3.07. The maximum Gasteiger partial charge on any atom is 0.340 e. The second kappa shape index (κ2) is 11.1. The number of nitrogens with zero attached hydrogens (tertiary/aromatic N) is 1. The van der Waals surface area contributed by atoms with Gasteiger partial charge >= 0.3 is 5.97 Å². The van der Waals surface area contributed by atoms with Gasteiger partial charge in [-0.1, -0.05) is 39.0 Å². The van der Waals surface area contributed by atoms with Crippen LogP contribution in [-0.2, 0) is 14.3 Å². The maximum absolute atomic E-state index is 13.5. The van der Waals surface area contributed by atoms with Crippen LogP contribution in [0, 0.1) is 0 Å². The fourth-order valence-corrected chi connectivity index (χ4v) is 3.88. The number of hydrogen-bond donors (Lipinski definition) is 0. The van der Waals surface area contributed by atoms with Crippen LogP contribution in [0.2, 0.25) is 0 Å². The molecule has 1 aliphatic rings. The summed E-state index contributed by atoms with van der Waals surface area (Å²) < 4.78 is 16.5. The van der Waals surface area contributed by atoms with Crippen molar-refractivity contribution >= 4 is 23.6 Å². The van der Waals surface area contributed by atoms with Gasteiger partial charge in [0.2, 0.25) is 0 Å². The number of carbonyl (C=O) groups is 2. The summed E-state index contributed by atoms with van der Waals surface area (Å²) in [5, 5.41) is 0. The molecule has 0 fully saturated rings. The fourth-order valence-electron chi connectivity index (χ4n) is 3.88. The third-order valence-corrected chi connectivity index (χ3v) is 5.65. The molecule has 6 heteroatoms. The van der Waals surface area contributed by atoms with Crippen LogP contribution in [0.5, 0.6) is 11.5 Å². The van der Waals surface area contributed by atoms with Gasteiger partial charge in [-0.15, -0.1) is 0 Å². The van der Waals surface area contributed by atoms with Crippen molar-refractivity contribution in [1.29, 1.82) is 0 Å². The van der Waals surface area contributed by atoms with E-state index in [-0.39, 0.29) is 17.1 Å². The van der Waals surface area contributed by atoms with Gasteiger partial charge in [-0.05, 0) is 67.7 Å². The standard InChI is InChI=1S/C28H33NO5/c1-7-15-34-24-14-9-20(17-25(24)33-8-2)16-23-26(28(31)32-6)19(5)29(27(23)30)22-12-10-21(11-13-22)18(3)4/h9-14,16-18H,7-8,15H2,1-6H3/b23-16-. The van der Waals surface area contributed by atoms with E-state index < -0.39 is 5.97 Å². The first-order valence-corrected chi connectivity index (χ1v) is 11.7. The van der Waals surface area contributed by atoms with E-state index in [9.17, 15) is 9.59 Å². The van der Waals surface area contributed by atoms with Gasteiger partial charge in [0.05, 0.1) is 31.5 Å². The van der Waals surface area contributed by atoms with Crippen molar-refractivity contribution in [2.24, 2.45) is 0 Å². The van der Waals surface area contributed by atoms with Gasteiger partial charge in [-0.3, -0.25) is 9.69 Å². The zero-order valence-corrected chi connectivity index (χ0v) is 20.8. The minimum Gasteiger partial charge on any atom is -0.490 e. The number of anilines is 1. The molecule has 180 valence electrons. The summed E-state index contributed by atoms with van der Waals surface area (Å²) in [7, 11) is 1.32. The Morgan fingerprint density at radius 1 is 1.03 bits per heavy atom. The molecular weight excluding hydrogens is 430 g/mol. The molecule has 1 aliphatic heterocycles. The van der Waals surface area contributed by atoms with Crippen LogP contribution in [0.3, 0.4) is 0 Å². The van der Waals surface area contributed by atoms with Gasteiger partial charge in [0, 0.05) is 11.4 Å². The maximum atomic E-state index is 13.5. The molecule has 2 aromatic carbocycles. The second-order valence-electron chi connectivity index (χ2n) is 8.38. The van der Waals surface area contributed by atoms with Gasteiger partial charge in [-0.2, -0.15) is 0 Å². The van der Waals surface area contributed by atoms with Gasteiger partial charge in [0.25, 0.3) is 5.91 Å². The molecule has 1 amide bonds. The third kappa shape index (κ3) is 5.16. The minimum atomic E-state index is -0.550. The molecule has 0 saturated carbocycles. The molecule has 0 aliphatic carbocycles. The molecule has 3 rings (SSSR count). The van der Waals surface area contributed by atoms with E-state index in [4.69, 9.17) is 14.2 Å².